The average Bonchev–Trinajstić information content (AvgIpc) is 3.23. The topological polar surface area (TPSA) is 119 Å². The SMILES string of the molecule is Cc1cc(Nc2cc(N3CC(C)(O)C3)nc(Sc3ccc(NC(=O)c4ccccc4Cl)cc3)n2)n[nH]1. The zero-order valence-electron chi connectivity index (χ0n) is 19.6. The number of carbonyl (C=O) groups is 1. The number of nitrogens with one attached hydrogen (secondary N) is 3. The molecule has 1 aliphatic heterocycles. The van der Waals surface area contributed by atoms with E-state index in [0.29, 0.717) is 46.2 Å². The fourth-order valence-electron chi connectivity index (χ4n) is 3.79. The van der Waals surface area contributed by atoms with Crippen LogP contribution in [0.25, 0.3) is 0 Å². The van der Waals surface area contributed by atoms with Crippen molar-refractivity contribution in [1.82, 2.24) is 20.2 Å². The summed E-state index contributed by atoms with van der Waals surface area (Å²) in [6.45, 7) is 4.72. The Balaban J connectivity index is 1.33. The lowest BCUT2D eigenvalue weighted by Gasteiger charge is -2.45. The molecule has 1 saturated heterocycles. The molecule has 36 heavy (non-hydrogen) atoms. The van der Waals surface area contributed by atoms with Crippen molar-refractivity contribution in [1.29, 1.82) is 0 Å². The third kappa shape index (κ3) is 5.62. The minimum absolute atomic E-state index is 0.271. The summed E-state index contributed by atoms with van der Waals surface area (Å²) in [5, 5.41) is 24.3. The normalized spacial score (nSPS) is 14.3. The lowest BCUT2D eigenvalue weighted by molar-refractivity contribution is 0.0304. The van der Waals surface area contributed by atoms with E-state index in [4.69, 9.17) is 16.6 Å². The van der Waals surface area contributed by atoms with Crippen LogP contribution in [-0.4, -0.2) is 49.9 Å². The summed E-state index contributed by atoms with van der Waals surface area (Å²) in [6, 6.07) is 18.1. The first-order chi connectivity index (χ1) is 17.2. The number of hydrogen-bond donors (Lipinski definition) is 4. The molecule has 184 valence electrons. The second-order valence-electron chi connectivity index (χ2n) is 8.87. The second kappa shape index (κ2) is 9.81. The maximum absolute atomic E-state index is 12.5. The van der Waals surface area contributed by atoms with Crippen molar-refractivity contribution in [2.24, 2.45) is 0 Å². The van der Waals surface area contributed by atoms with Crippen LogP contribution in [0.3, 0.4) is 0 Å². The summed E-state index contributed by atoms with van der Waals surface area (Å²) in [7, 11) is 0. The molecule has 4 N–H and O–H groups in total. The van der Waals surface area contributed by atoms with Crippen molar-refractivity contribution < 1.29 is 9.90 Å². The highest BCUT2D eigenvalue weighted by Crippen LogP contribution is 2.33. The number of β-amino-alcohol motifs (C(OH)–C–C–N with tert-alkyl or cyclic N) is 1. The number of amides is 1. The molecule has 0 radical (unpaired) electrons. The van der Waals surface area contributed by atoms with Gasteiger partial charge >= 0.3 is 0 Å². The molecule has 5 rings (SSSR count). The molecule has 4 aromatic rings. The maximum Gasteiger partial charge on any atom is 0.257 e. The number of anilines is 4. The first-order valence-corrected chi connectivity index (χ1v) is 12.4. The molecule has 9 nitrogen and oxygen atoms in total. The lowest BCUT2D eigenvalue weighted by Crippen LogP contribution is -2.60. The van der Waals surface area contributed by atoms with Crippen molar-refractivity contribution in [2.75, 3.05) is 28.6 Å². The van der Waals surface area contributed by atoms with Gasteiger partial charge in [0.25, 0.3) is 5.91 Å². The Hall–Kier alpha value is -3.60. The van der Waals surface area contributed by atoms with Crippen LogP contribution < -0.4 is 15.5 Å². The maximum atomic E-state index is 12.5. The molecule has 1 fully saturated rings. The molecule has 0 spiro atoms. The number of nitrogens with zero attached hydrogens (tertiary/aromatic N) is 4. The molecule has 0 saturated carbocycles. The molecule has 2 aromatic heterocycles. The molecular weight excluding hydrogens is 498 g/mol. The van der Waals surface area contributed by atoms with E-state index >= 15 is 0 Å². The molecule has 11 heteroatoms. The van der Waals surface area contributed by atoms with Gasteiger partial charge < -0.3 is 20.6 Å². The molecule has 0 unspecified atom stereocenters. The smallest absolute Gasteiger partial charge is 0.257 e. The highest BCUT2D eigenvalue weighted by molar-refractivity contribution is 7.99. The fourth-order valence-corrected chi connectivity index (χ4v) is 4.78. The van der Waals surface area contributed by atoms with E-state index in [0.717, 1.165) is 16.4 Å². The number of aromatic amines is 1. The van der Waals surface area contributed by atoms with Crippen LogP contribution in [0, 0.1) is 6.92 Å². The van der Waals surface area contributed by atoms with Gasteiger partial charge in [-0.05, 0) is 62.0 Å². The third-order valence-corrected chi connectivity index (χ3v) is 6.68. The van der Waals surface area contributed by atoms with Gasteiger partial charge in [-0.3, -0.25) is 9.89 Å². The van der Waals surface area contributed by atoms with Crippen LogP contribution in [0.5, 0.6) is 0 Å². The van der Waals surface area contributed by atoms with Crippen LogP contribution in [-0.2, 0) is 0 Å². The van der Waals surface area contributed by atoms with Crippen LogP contribution >= 0.6 is 23.4 Å². The first kappa shape index (κ1) is 24.1. The predicted octanol–water partition coefficient (Wildman–Crippen LogP) is 4.88. The Kier molecular flexibility index (Phi) is 6.57. The third-order valence-electron chi connectivity index (χ3n) is 5.48. The Bertz CT molecular complexity index is 1400. The predicted molar refractivity (Wildman–Crippen MR) is 141 cm³/mol. The quantitative estimate of drug-likeness (QED) is 0.254. The van der Waals surface area contributed by atoms with Gasteiger partial charge in [0.05, 0.1) is 16.2 Å². The molecule has 0 bridgehead atoms. The Labute approximate surface area is 217 Å². The Morgan fingerprint density at radius 3 is 2.53 bits per heavy atom. The van der Waals surface area contributed by atoms with Crippen LogP contribution in [0.15, 0.2) is 70.7 Å². The summed E-state index contributed by atoms with van der Waals surface area (Å²) in [5.41, 5.74) is 1.27. The van der Waals surface area contributed by atoms with Gasteiger partial charge in [-0.15, -0.1) is 0 Å². The number of carbonyl (C=O) groups excluding carboxylic acids is 1. The van der Waals surface area contributed by atoms with Gasteiger partial charge in [0.15, 0.2) is 11.0 Å². The molecule has 0 aliphatic carbocycles. The first-order valence-electron chi connectivity index (χ1n) is 11.2. The Morgan fingerprint density at radius 1 is 1.11 bits per heavy atom. The molecular formula is C25H24ClN7O2S. The molecule has 2 aromatic carbocycles. The van der Waals surface area contributed by atoms with Gasteiger partial charge in [0.1, 0.15) is 11.6 Å². The second-order valence-corrected chi connectivity index (χ2v) is 10.3. The van der Waals surface area contributed by atoms with Gasteiger partial charge in [0, 0.05) is 41.5 Å². The fraction of sp³-hybridized carbons (Fsp3) is 0.200. The van der Waals surface area contributed by atoms with E-state index in [2.05, 4.69) is 25.8 Å². The summed E-state index contributed by atoms with van der Waals surface area (Å²) in [4.78, 5) is 24.8. The van der Waals surface area contributed by atoms with E-state index < -0.39 is 5.60 Å². The number of rotatable bonds is 7. The van der Waals surface area contributed by atoms with Gasteiger partial charge in [-0.25, -0.2) is 9.97 Å². The van der Waals surface area contributed by atoms with Crippen molar-refractivity contribution in [2.45, 2.75) is 29.5 Å². The number of aliphatic hydroxyl groups is 1. The number of hydrogen-bond acceptors (Lipinski definition) is 8. The molecule has 3 heterocycles. The number of benzene rings is 2. The average molecular weight is 522 g/mol. The van der Waals surface area contributed by atoms with E-state index in [1.807, 2.05) is 48.2 Å². The highest BCUT2D eigenvalue weighted by Gasteiger charge is 2.37. The van der Waals surface area contributed by atoms with Crippen molar-refractivity contribution in [3.8, 4) is 0 Å². The summed E-state index contributed by atoms with van der Waals surface area (Å²) < 4.78 is 0. The molecule has 1 aliphatic rings. The zero-order valence-corrected chi connectivity index (χ0v) is 21.2. The number of aromatic nitrogens is 4. The minimum Gasteiger partial charge on any atom is -0.386 e. The molecule has 0 atom stereocenters. The molecule has 1 amide bonds. The summed E-state index contributed by atoms with van der Waals surface area (Å²) in [5.74, 6) is 1.70. The van der Waals surface area contributed by atoms with Gasteiger partial charge in [-0.1, -0.05) is 23.7 Å². The Morgan fingerprint density at radius 2 is 1.86 bits per heavy atom. The standard InChI is InChI=1S/C25H24ClN7O2S/c1-15-11-21(32-31-15)28-20-12-22(33-13-25(2,35)14-33)30-24(29-20)36-17-9-7-16(8-10-17)27-23(34)18-5-3-4-6-19(18)26/h3-12,35H,13-14H2,1-2H3,(H,27,34)(H2,28,29,30,31,32). The summed E-state index contributed by atoms with van der Waals surface area (Å²) in [6.07, 6.45) is 0. The summed E-state index contributed by atoms with van der Waals surface area (Å²) >= 11 is 7.52. The van der Waals surface area contributed by atoms with Crippen LogP contribution in [0.2, 0.25) is 5.02 Å². The van der Waals surface area contributed by atoms with E-state index in [9.17, 15) is 9.90 Å². The highest BCUT2D eigenvalue weighted by atomic mass is 35.5. The zero-order chi connectivity index (χ0) is 25.3. The van der Waals surface area contributed by atoms with E-state index in [1.54, 1.807) is 31.2 Å². The largest absolute Gasteiger partial charge is 0.386 e. The van der Waals surface area contributed by atoms with Crippen molar-refractivity contribution in [3.05, 3.63) is 76.9 Å². The van der Waals surface area contributed by atoms with E-state index in [-0.39, 0.29) is 5.91 Å². The number of H-pyrrole nitrogens is 1. The van der Waals surface area contributed by atoms with Crippen LogP contribution in [0.4, 0.5) is 23.1 Å². The van der Waals surface area contributed by atoms with Crippen molar-refractivity contribution in [3.63, 3.8) is 0 Å². The van der Waals surface area contributed by atoms with Gasteiger partial charge in [-0.2, -0.15) is 5.10 Å². The number of halogens is 1. The number of aryl methyl sites for hydroxylation is 1. The van der Waals surface area contributed by atoms with E-state index in [1.165, 1.54) is 11.8 Å². The van der Waals surface area contributed by atoms with Crippen LogP contribution in [0.1, 0.15) is 23.0 Å². The monoisotopic (exact) mass is 521 g/mol. The van der Waals surface area contributed by atoms with Gasteiger partial charge in [0.2, 0.25) is 0 Å². The van der Waals surface area contributed by atoms with Crippen molar-refractivity contribution >= 4 is 52.4 Å². The lowest BCUT2D eigenvalue weighted by atomic mass is 9.97. The minimum atomic E-state index is -0.727.